The minimum atomic E-state index is -3.01. The van der Waals surface area contributed by atoms with Crippen LogP contribution in [0.5, 0.6) is 11.5 Å². The molecule has 1 N–H and O–H groups in total. The number of amides is 1. The second-order valence-electron chi connectivity index (χ2n) is 4.79. The summed E-state index contributed by atoms with van der Waals surface area (Å²) in [7, 11) is 0. The van der Waals surface area contributed by atoms with Crippen LogP contribution in [0.25, 0.3) is 6.08 Å². The zero-order valence-electron chi connectivity index (χ0n) is 13.0. The van der Waals surface area contributed by atoms with E-state index in [1.807, 2.05) is 0 Å². The molecule has 0 atom stereocenters. The van der Waals surface area contributed by atoms with Gasteiger partial charge in [0.05, 0.1) is 5.02 Å². The molecule has 0 spiro atoms. The SMILES string of the molecule is O=C(/C=C/c1ccc(OC(F)F)cc1)Nc1ccc(OC(F)F)c(Cl)c1. The Morgan fingerprint density at radius 1 is 1.00 bits per heavy atom. The standard InChI is InChI=1S/C17H12ClF4NO3/c18-13-9-11(4-7-14(13)26-17(21)22)23-15(24)8-3-10-1-5-12(6-2-10)25-16(19)20/h1-9,16-17H,(H,23,24)/b8-3+. The predicted molar refractivity (Wildman–Crippen MR) is 88.8 cm³/mol. The Labute approximate surface area is 151 Å². The van der Waals surface area contributed by atoms with Gasteiger partial charge in [-0.25, -0.2) is 0 Å². The fourth-order valence-electron chi connectivity index (χ4n) is 1.89. The first kappa shape index (κ1) is 19.6. The Morgan fingerprint density at radius 3 is 2.23 bits per heavy atom. The molecule has 2 rings (SSSR count). The number of rotatable bonds is 7. The van der Waals surface area contributed by atoms with Crippen LogP contribution in [-0.4, -0.2) is 19.1 Å². The highest BCUT2D eigenvalue weighted by Gasteiger charge is 2.09. The fourth-order valence-corrected chi connectivity index (χ4v) is 2.11. The molecular weight excluding hydrogens is 378 g/mol. The molecule has 0 aromatic heterocycles. The first-order chi connectivity index (χ1) is 12.3. The molecule has 4 nitrogen and oxygen atoms in total. The van der Waals surface area contributed by atoms with Gasteiger partial charge < -0.3 is 14.8 Å². The molecule has 0 aliphatic rings. The van der Waals surface area contributed by atoms with Crippen LogP contribution in [0.3, 0.4) is 0 Å². The van der Waals surface area contributed by atoms with Crippen molar-refractivity contribution < 1.29 is 31.8 Å². The highest BCUT2D eigenvalue weighted by molar-refractivity contribution is 6.32. The zero-order chi connectivity index (χ0) is 19.1. The van der Waals surface area contributed by atoms with Crippen molar-refractivity contribution in [1.29, 1.82) is 0 Å². The summed E-state index contributed by atoms with van der Waals surface area (Å²) in [6, 6.07) is 9.49. The molecular formula is C17H12ClF4NO3. The molecule has 0 aliphatic carbocycles. The summed E-state index contributed by atoms with van der Waals surface area (Å²) in [4.78, 5) is 11.9. The third-order valence-corrected chi connectivity index (χ3v) is 3.24. The zero-order valence-corrected chi connectivity index (χ0v) is 13.7. The smallest absolute Gasteiger partial charge is 0.387 e. The average molecular weight is 390 g/mol. The molecule has 0 bridgehead atoms. The number of benzene rings is 2. The maximum absolute atomic E-state index is 12.2. The lowest BCUT2D eigenvalue weighted by Gasteiger charge is -2.08. The van der Waals surface area contributed by atoms with Crippen LogP contribution < -0.4 is 14.8 Å². The number of carbonyl (C=O) groups excluding carboxylic acids is 1. The monoisotopic (exact) mass is 389 g/mol. The Balaban J connectivity index is 1.95. The predicted octanol–water partition coefficient (Wildman–Crippen LogP) is 5.19. The van der Waals surface area contributed by atoms with Crippen LogP contribution in [0.2, 0.25) is 5.02 Å². The third-order valence-electron chi connectivity index (χ3n) is 2.95. The number of anilines is 1. The number of hydrogen-bond acceptors (Lipinski definition) is 3. The molecule has 2 aromatic rings. The van der Waals surface area contributed by atoms with E-state index in [9.17, 15) is 22.4 Å². The summed E-state index contributed by atoms with van der Waals surface area (Å²) in [5, 5.41) is 2.41. The van der Waals surface area contributed by atoms with Gasteiger partial charge in [0.2, 0.25) is 5.91 Å². The van der Waals surface area contributed by atoms with Crippen LogP contribution in [0.1, 0.15) is 5.56 Å². The molecule has 0 radical (unpaired) electrons. The molecule has 0 saturated heterocycles. The van der Waals surface area contributed by atoms with E-state index in [1.54, 1.807) is 0 Å². The first-order valence-corrected chi connectivity index (χ1v) is 7.49. The van der Waals surface area contributed by atoms with Crippen LogP contribution in [0, 0.1) is 0 Å². The van der Waals surface area contributed by atoms with Crippen molar-refractivity contribution in [3.63, 3.8) is 0 Å². The second-order valence-corrected chi connectivity index (χ2v) is 5.20. The van der Waals surface area contributed by atoms with Crippen molar-refractivity contribution in [2.24, 2.45) is 0 Å². The summed E-state index contributed by atoms with van der Waals surface area (Å²) >= 11 is 5.79. The highest BCUT2D eigenvalue weighted by Crippen LogP contribution is 2.29. The molecule has 2 aromatic carbocycles. The number of nitrogens with one attached hydrogen (secondary N) is 1. The Morgan fingerprint density at radius 2 is 1.65 bits per heavy atom. The topological polar surface area (TPSA) is 47.6 Å². The summed E-state index contributed by atoms with van der Waals surface area (Å²) in [6.07, 6.45) is 2.66. The average Bonchev–Trinajstić information content (AvgIpc) is 2.56. The van der Waals surface area contributed by atoms with Crippen LogP contribution in [-0.2, 0) is 4.79 Å². The Bertz CT molecular complexity index is 782. The third kappa shape index (κ3) is 6.29. The highest BCUT2D eigenvalue weighted by atomic mass is 35.5. The van der Waals surface area contributed by atoms with E-state index in [0.717, 1.165) is 0 Å². The quantitative estimate of drug-likeness (QED) is 0.523. The van der Waals surface area contributed by atoms with E-state index in [1.165, 1.54) is 54.6 Å². The van der Waals surface area contributed by atoms with Gasteiger partial charge in [-0.05, 0) is 42.0 Å². The lowest BCUT2D eigenvalue weighted by Crippen LogP contribution is -2.08. The van der Waals surface area contributed by atoms with Crippen molar-refractivity contribution in [3.8, 4) is 11.5 Å². The molecule has 0 unspecified atom stereocenters. The van der Waals surface area contributed by atoms with Crippen molar-refractivity contribution in [1.82, 2.24) is 0 Å². The number of halogens is 5. The van der Waals surface area contributed by atoms with Gasteiger partial charge in [-0.1, -0.05) is 23.7 Å². The molecule has 0 heterocycles. The van der Waals surface area contributed by atoms with Gasteiger partial charge in [-0.2, -0.15) is 17.6 Å². The van der Waals surface area contributed by atoms with E-state index >= 15 is 0 Å². The van der Waals surface area contributed by atoms with Crippen molar-refractivity contribution >= 4 is 29.3 Å². The van der Waals surface area contributed by atoms with Gasteiger partial charge in [-0.15, -0.1) is 0 Å². The maximum atomic E-state index is 12.2. The van der Waals surface area contributed by atoms with Gasteiger partial charge in [0.15, 0.2) is 0 Å². The van der Waals surface area contributed by atoms with Gasteiger partial charge in [0.25, 0.3) is 0 Å². The second kappa shape index (κ2) is 9.10. The minimum absolute atomic E-state index is 0.00218. The summed E-state index contributed by atoms with van der Waals surface area (Å²) in [5.41, 5.74) is 0.868. The molecule has 0 saturated carbocycles. The van der Waals surface area contributed by atoms with Gasteiger partial charge in [0.1, 0.15) is 11.5 Å². The lowest BCUT2D eigenvalue weighted by atomic mass is 10.2. The number of hydrogen-bond donors (Lipinski definition) is 1. The first-order valence-electron chi connectivity index (χ1n) is 7.12. The van der Waals surface area contributed by atoms with Crippen LogP contribution >= 0.6 is 11.6 Å². The van der Waals surface area contributed by atoms with Gasteiger partial charge >= 0.3 is 13.2 Å². The Kier molecular flexibility index (Phi) is 6.85. The molecule has 26 heavy (non-hydrogen) atoms. The van der Waals surface area contributed by atoms with E-state index in [4.69, 9.17) is 11.6 Å². The van der Waals surface area contributed by atoms with E-state index < -0.39 is 19.1 Å². The number of alkyl halides is 4. The van der Waals surface area contributed by atoms with Crippen molar-refractivity contribution in [2.75, 3.05) is 5.32 Å². The molecule has 0 aliphatic heterocycles. The van der Waals surface area contributed by atoms with E-state index in [-0.39, 0.29) is 22.2 Å². The molecule has 9 heteroatoms. The molecule has 1 amide bonds. The minimum Gasteiger partial charge on any atom is -0.435 e. The normalized spacial score (nSPS) is 11.2. The van der Waals surface area contributed by atoms with Gasteiger partial charge in [-0.3, -0.25) is 4.79 Å². The summed E-state index contributed by atoms with van der Waals surface area (Å²) in [5.74, 6) is -0.708. The lowest BCUT2D eigenvalue weighted by molar-refractivity contribution is -0.111. The maximum Gasteiger partial charge on any atom is 0.387 e. The molecule has 138 valence electrons. The fraction of sp³-hybridized carbons (Fsp3) is 0.118. The number of ether oxygens (including phenoxy) is 2. The summed E-state index contributed by atoms with van der Waals surface area (Å²) in [6.45, 7) is -5.92. The van der Waals surface area contributed by atoms with E-state index in [2.05, 4.69) is 14.8 Å². The van der Waals surface area contributed by atoms with Crippen LogP contribution in [0.4, 0.5) is 23.2 Å². The van der Waals surface area contributed by atoms with Crippen molar-refractivity contribution in [3.05, 3.63) is 59.1 Å². The van der Waals surface area contributed by atoms with E-state index in [0.29, 0.717) is 5.56 Å². The Hall–Kier alpha value is -2.74. The van der Waals surface area contributed by atoms with Crippen molar-refractivity contribution in [2.45, 2.75) is 13.2 Å². The van der Waals surface area contributed by atoms with Crippen LogP contribution in [0.15, 0.2) is 48.5 Å². The number of carbonyl (C=O) groups is 1. The van der Waals surface area contributed by atoms with Gasteiger partial charge in [0, 0.05) is 11.8 Å². The summed E-state index contributed by atoms with van der Waals surface area (Å²) < 4.78 is 56.8. The largest absolute Gasteiger partial charge is 0.435 e. The molecule has 0 fully saturated rings.